The average Bonchev–Trinajstić information content (AvgIpc) is 2.89. The number of nitrogens with zero attached hydrogens (tertiary/aromatic N) is 2. The number of carboxylic acids is 1. The minimum atomic E-state index is -1.03. The summed E-state index contributed by atoms with van der Waals surface area (Å²) >= 11 is 0. The summed E-state index contributed by atoms with van der Waals surface area (Å²) in [7, 11) is 0. The van der Waals surface area contributed by atoms with Crippen molar-refractivity contribution in [2.24, 2.45) is 5.92 Å². The molecule has 1 amide bonds. The van der Waals surface area contributed by atoms with Gasteiger partial charge in [0.1, 0.15) is 6.04 Å². The van der Waals surface area contributed by atoms with Crippen molar-refractivity contribution in [3.8, 4) is 5.69 Å². The zero-order valence-corrected chi connectivity index (χ0v) is 13.5. The van der Waals surface area contributed by atoms with Gasteiger partial charge in [0.05, 0.1) is 16.9 Å². The topological polar surface area (TPSA) is 84.2 Å². The molecule has 1 heterocycles. The van der Waals surface area contributed by atoms with Crippen molar-refractivity contribution in [3.05, 3.63) is 47.8 Å². The second kappa shape index (κ2) is 7.09. The summed E-state index contributed by atoms with van der Waals surface area (Å²) in [5.74, 6) is -1.28. The molecule has 0 saturated heterocycles. The summed E-state index contributed by atoms with van der Waals surface area (Å²) in [5, 5.41) is 16.1. The number of benzene rings is 1. The van der Waals surface area contributed by atoms with E-state index in [2.05, 4.69) is 10.4 Å². The van der Waals surface area contributed by atoms with E-state index in [0.29, 0.717) is 17.7 Å². The molecule has 2 rings (SSSR count). The van der Waals surface area contributed by atoms with Crippen molar-refractivity contribution in [3.63, 3.8) is 0 Å². The van der Waals surface area contributed by atoms with Gasteiger partial charge in [-0.05, 0) is 31.4 Å². The van der Waals surface area contributed by atoms with Crippen LogP contribution >= 0.6 is 0 Å². The van der Waals surface area contributed by atoms with Crippen molar-refractivity contribution in [1.29, 1.82) is 0 Å². The molecule has 122 valence electrons. The first-order chi connectivity index (χ1) is 10.9. The van der Waals surface area contributed by atoms with Gasteiger partial charge in [-0.25, -0.2) is 9.48 Å². The maximum Gasteiger partial charge on any atom is 0.326 e. The molecule has 0 bridgehead atoms. The Morgan fingerprint density at radius 3 is 2.48 bits per heavy atom. The number of nitrogens with one attached hydrogen (secondary N) is 1. The van der Waals surface area contributed by atoms with Crippen LogP contribution in [0.3, 0.4) is 0 Å². The van der Waals surface area contributed by atoms with Gasteiger partial charge in [-0.2, -0.15) is 5.10 Å². The standard InChI is InChI=1S/C17H21N3O3/c1-11(2)9-15(17(22)23)18-16(21)14-10-20(19-12(14)3)13-7-5-4-6-8-13/h4-8,10-11,15H,9H2,1-3H3,(H,18,21)(H,22,23)/t15-/m1/s1. The average molecular weight is 315 g/mol. The predicted octanol–water partition coefficient (Wildman–Crippen LogP) is 2.41. The monoisotopic (exact) mass is 315 g/mol. The van der Waals surface area contributed by atoms with E-state index in [1.54, 1.807) is 17.8 Å². The fourth-order valence-corrected chi connectivity index (χ4v) is 2.32. The Morgan fingerprint density at radius 2 is 1.91 bits per heavy atom. The van der Waals surface area contributed by atoms with Gasteiger partial charge in [0.15, 0.2) is 0 Å². The zero-order chi connectivity index (χ0) is 17.0. The molecule has 6 nitrogen and oxygen atoms in total. The zero-order valence-electron chi connectivity index (χ0n) is 13.5. The van der Waals surface area contributed by atoms with E-state index in [1.165, 1.54) is 0 Å². The van der Waals surface area contributed by atoms with E-state index in [1.807, 2.05) is 44.2 Å². The fourth-order valence-electron chi connectivity index (χ4n) is 2.32. The molecule has 23 heavy (non-hydrogen) atoms. The van der Waals surface area contributed by atoms with Gasteiger partial charge in [-0.1, -0.05) is 32.0 Å². The lowest BCUT2D eigenvalue weighted by Crippen LogP contribution is -2.41. The SMILES string of the molecule is Cc1nn(-c2ccccc2)cc1C(=O)N[C@H](CC(C)C)C(=O)O. The van der Waals surface area contributed by atoms with Crippen LogP contribution in [0.5, 0.6) is 0 Å². The molecule has 0 saturated carbocycles. The number of rotatable bonds is 6. The normalized spacial score (nSPS) is 12.2. The second-order valence-corrected chi connectivity index (χ2v) is 5.90. The Bertz CT molecular complexity index is 692. The third kappa shape index (κ3) is 4.18. The quantitative estimate of drug-likeness (QED) is 0.857. The number of carboxylic acid groups (broad SMARTS) is 1. The van der Waals surface area contributed by atoms with Crippen LogP contribution in [0.1, 0.15) is 36.3 Å². The molecule has 0 fully saturated rings. The number of amides is 1. The van der Waals surface area contributed by atoms with E-state index in [0.717, 1.165) is 5.69 Å². The van der Waals surface area contributed by atoms with Crippen LogP contribution in [0.4, 0.5) is 0 Å². The summed E-state index contributed by atoms with van der Waals surface area (Å²) in [6, 6.07) is 8.53. The summed E-state index contributed by atoms with van der Waals surface area (Å²) < 4.78 is 1.61. The highest BCUT2D eigenvalue weighted by Gasteiger charge is 2.23. The highest BCUT2D eigenvalue weighted by molar-refractivity contribution is 5.97. The lowest BCUT2D eigenvalue weighted by Gasteiger charge is -2.16. The fraction of sp³-hybridized carbons (Fsp3) is 0.353. The first-order valence-corrected chi connectivity index (χ1v) is 7.54. The van der Waals surface area contributed by atoms with E-state index < -0.39 is 17.9 Å². The van der Waals surface area contributed by atoms with E-state index in [-0.39, 0.29) is 5.92 Å². The van der Waals surface area contributed by atoms with E-state index >= 15 is 0 Å². The molecule has 1 aromatic heterocycles. The van der Waals surface area contributed by atoms with Crippen LogP contribution in [-0.4, -0.2) is 32.8 Å². The molecule has 0 spiro atoms. The van der Waals surface area contributed by atoms with Crippen molar-refractivity contribution < 1.29 is 14.7 Å². The van der Waals surface area contributed by atoms with Crippen molar-refractivity contribution in [2.45, 2.75) is 33.2 Å². The smallest absolute Gasteiger partial charge is 0.326 e. The van der Waals surface area contributed by atoms with Gasteiger partial charge in [0.25, 0.3) is 5.91 Å². The molecule has 0 aliphatic rings. The van der Waals surface area contributed by atoms with Gasteiger partial charge in [0.2, 0.25) is 0 Å². The Labute approximate surface area is 135 Å². The molecule has 2 N–H and O–H groups in total. The van der Waals surface area contributed by atoms with Crippen molar-refractivity contribution >= 4 is 11.9 Å². The number of aromatic nitrogens is 2. The van der Waals surface area contributed by atoms with Gasteiger partial charge < -0.3 is 10.4 Å². The first kappa shape index (κ1) is 16.7. The molecule has 1 atom stereocenters. The first-order valence-electron chi connectivity index (χ1n) is 7.54. The minimum absolute atomic E-state index is 0.171. The molecule has 0 aliphatic heterocycles. The maximum absolute atomic E-state index is 12.4. The number of carbonyl (C=O) groups excluding carboxylic acids is 1. The number of aliphatic carboxylic acids is 1. The molecular weight excluding hydrogens is 294 g/mol. The summed E-state index contributed by atoms with van der Waals surface area (Å²) in [6.07, 6.45) is 2.00. The summed E-state index contributed by atoms with van der Waals surface area (Å²) in [5.41, 5.74) is 1.77. The highest BCUT2D eigenvalue weighted by Crippen LogP contribution is 2.13. The number of para-hydroxylation sites is 1. The molecular formula is C17H21N3O3. The Hall–Kier alpha value is -2.63. The van der Waals surface area contributed by atoms with E-state index in [4.69, 9.17) is 0 Å². The van der Waals surface area contributed by atoms with Crippen LogP contribution in [0, 0.1) is 12.8 Å². The number of aryl methyl sites for hydroxylation is 1. The number of hydrogen-bond donors (Lipinski definition) is 2. The molecule has 0 radical (unpaired) electrons. The second-order valence-electron chi connectivity index (χ2n) is 5.90. The van der Waals surface area contributed by atoms with Crippen LogP contribution in [-0.2, 0) is 4.79 Å². The van der Waals surface area contributed by atoms with E-state index in [9.17, 15) is 14.7 Å². The predicted molar refractivity (Wildman–Crippen MR) is 86.6 cm³/mol. The van der Waals surface area contributed by atoms with Crippen LogP contribution in [0.15, 0.2) is 36.5 Å². The third-order valence-corrected chi connectivity index (χ3v) is 3.47. The van der Waals surface area contributed by atoms with Crippen LogP contribution in [0.25, 0.3) is 5.69 Å². The van der Waals surface area contributed by atoms with Crippen LogP contribution in [0.2, 0.25) is 0 Å². The molecule has 1 aromatic carbocycles. The molecule has 0 unspecified atom stereocenters. The highest BCUT2D eigenvalue weighted by atomic mass is 16.4. The Kier molecular flexibility index (Phi) is 5.16. The third-order valence-electron chi connectivity index (χ3n) is 3.47. The van der Waals surface area contributed by atoms with Gasteiger partial charge in [0, 0.05) is 6.20 Å². The Morgan fingerprint density at radius 1 is 1.26 bits per heavy atom. The van der Waals surface area contributed by atoms with Crippen LogP contribution < -0.4 is 5.32 Å². The van der Waals surface area contributed by atoms with Gasteiger partial charge in [-0.15, -0.1) is 0 Å². The van der Waals surface area contributed by atoms with Crippen molar-refractivity contribution in [2.75, 3.05) is 0 Å². The van der Waals surface area contributed by atoms with Gasteiger partial charge >= 0.3 is 5.97 Å². The minimum Gasteiger partial charge on any atom is -0.480 e. The number of carbonyl (C=O) groups is 2. The maximum atomic E-state index is 12.4. The largest absolute Gasteiger partial charge is 0.480 e. The summed E-state index contributed by atoms with van der Waals surface area (Å²) in [6.45, 7) is 5.56. The molecule has 2 aromatic rings. The number of hydrogen-bond acceptors (Lipinski definition) is 3. The lowest BCUT2D eigenvalue weighted by atomic mass is 10.0. The van der Waals surface area contributed by atoms with Gasteiger partial charge in [-0.3, -0.25) is 4.79 Å². The molecule has 6 heteroatoms. The Balaban J connectivity index is 2.19. The van der Waals surface area contributed by atoms with Crippen molar-refractivity contribution in [1.82, 2.24) is 15.1 Å². The molecule has 0 aliphatic carbocycles. The lowest BCUT2D eigenvalue weighted by molar-refractivity contribution is -0.139. The summed E-state index contributed by atoms with van der Waals surface area (Å²) in [4.78, 5) is 23.7.